The van der Waals surface area contributed by atoms with Gasteiger partial charge in [-0.1, -0.05) is 31.2 Å². The molecule has 0 radical (unpaired) electrons. The molecule has 5 heteroatoms. The maximum absolute atomic E-state index is 11.7. The molecule has 29 heavy (non-hydrogen) atoms. The summed E-state index contributed by atoms with van der Waals surface area (Å²) in [5.41, 5.74) is 12.3. The van der Waals surface area contributed by atoms with Crippen LogP contribution in [0.3, 0.4) is 0 Å². The SMILES string of the molecule is CCc1ccccc1-c1[nH]c2ccc(C3=NC(C)(C)C(C(N)=O)=CN3)cc2c1C. The predicted molar refractivity (Wildman–Crippen MR) is 119 cm³/mol. The van der Waals surface area contributed by atoms with E-state index >= 15 is 0 Å². The van der Waals surface area contributed by atoms with Crippen LogP contribution >= 0.6 is 0 Å². The smallest absolute Gasteiger partial charge is 0.248 e. The van der Waals surface area contributed by atoms with Crippen molar-refractivity contribution in [2.75, 3.05) is 0 Å². The molecule has 4 N–H and O–H groups in total. The normalized spacial score (nSPS) is 15.6. The number of amides is 1. The standard InChI is InChI=1S/C24H26N4O/c1-5-15-8-6-7-9-17(15)21-14(2)18-12-16(10-11-20(18)27-21)23-26-13-19(22(25)29)24(3,4)28-23/h6-13,27H,5H2,1-4H3,(H2,25,29)(H,26,28). The van der Waals surface area contributed by atoms with Crippen molar-refractivity contribution in [2.45, 2.75) is 39.7 Å². The molecule has 1 amide bonds. The lowest BCUT2D eigenvalue weighted by atomic mass is 9.93. The molecule has 1 aliphatic rings. The van der Waals surface area contributed by atoms with Crippen molar-refractivity contribution in [3.63, 3.8) is 0 Å². The molecule has 0 spiro atoms. The number of H-pyrrole nitrogens is 1. The van der Waals surface area contributed by atoms with E-state index in [0.717, 1.165) is 34.4 Å². The van der Waals surface area contributed by atoms with E-state index < -0.39 is 11.4 Å². The van der Waals surface area contributed by atoms with Gasteiger partial charge in [0.15, 0.2) is 0 Å². The number of carbonyl (C=O) groups excluding carboxylic acids is 1. The number of aryl methyl sites for hydroxylation is 2. The highest BCUT2D eigenvalue weighted by molar-refractivity contribution is 6.06. The van der Waals surface area contributed by atoms with Crippen molar-refractivity contribution in [3.8, 4) is 11.3 Å². The first-order valence-electron chi connectivity index (χ1n) is 9.89. The number of nitrogens with two attached hydrogens (primary N) is 1. The Morgan fingerprint density at radius 1 is 1.17 bits per heavy atom. The molecule has 2 aromatic carbocycles. The Morgan fingerprint density at radius 3 is 2.62 bits per heavy atom. The topological polar surface area (TPSA) is 83.3 Å². The summed E-state index contributed by atoms with van der Waals surface area (Å²) in [6.07, 6.45) is 2.66. The van der Waals surface area contributed by atoms with Gasteiger partial charge < -0.3 is 16.0 Å². The van der Waals surface area contributed by atoms with Crippen molar-refractivity contribution < 1.29 is 4.79 Å². The molecule has 0 aliphatic carbocycles. The van der Waals surface area contributed by atoms with Gasteiger partial charge in [0.25, 0.3) is 0 Å². The number of fused-ring (bicyclic) bond motifs is 1. The highest BCUT2D eigenvalue weighted by atomic mass is 16.1. The summed E-state index contributed by atoms with van der Waals surface area (Å²) in [6.45, 7) is 8.11. The minimum atomic E-state index is -0.667. The Balaban J connectivity index is 1.79. The van der Waals surface area contributed by atoms with E-state index in [9.17, 15) is 4.79 Å². The van der Waals surface area contributed by atoms with Crippen molar-refractivity contribution in [3.05, 3.63) is 70.9 Å². The van der Waals surface area contributed by atoms with Crippen LogP contribution in [0.2, 0.25) is 0 Å². The first-order valence-corrected chi connectivity index (χ1v) is 9.89. The number of carbonyl (C=O) groups is 1. The highest BCUT2D eigenvalue weighted by Gasteiger charge is 2.30. The minimum Gasteiger partial charge on any atom is -0.366 e. The van der Waals surface area contributed by atoms with E-state index in [1.54, 1.807) is 6.20 Å². The van der Waals surface area contributed by atoms with Crippen LogP contribution in [0.25, 0.3) is 22.2 Å². The lowest BCUT2D eigenvalue weighted by molar-refractivity contribution is -0.115. The molecule has 1 aromatic heterocycles. The molecule has 0 bridgehead atoms. The molecule has 3 aromatic rings. The van der Waals surface area contributed by atoms with Crippen LogP contribution in [0.4, 0.5) is 0 Å². The van der Waals surface area contributed by atoms with Gasteiger partial charge in [0, 0.05) is 33.9 Å². The third kappa shape index (κ3) is 3.23. The molecule has 2 heterocycles. The number of nitrogens with zero attached hydrogens (tertiary/aromatic N) is 1. The number of hydrogen-bond acceptors (Lipinski definition) is 3. The van der Waals surface area contributed by atoms with Gasteiger partial charge in [0.2, 0.25) is 5.91 Å². The van der Waals surface area contributed by atoms with Gasteiger partial charge in [-0.2, -0.15) is 0 Å². The molecular weight excluding hydrogens is 360 g/mol. The van der Waals surface area contributed by atoms with Crippen LogP contribution in [0.15, 0.2) is 59.2 Å². The Hall–Kier alpha value is -3.34. The second kappa shape index (κ2) is 6.92. The van der Waals surface area contributed by atoms with Gasteiger partial charge in [-0.25, -0.2) is 0 Å². The zero-order valence-corrected chi connectivity index (χ0v) is 17.3. The third-order valence-electron chi connectivity index (χ3n) is 5.67. The van der Waals surface area contributed by atoms with Gasteiger partial charge >= 0.3 is 0 Å². The molecule has 148 valence electrons. The van der Waals surface area contributed by atoms with Gasteiger partial charge in [-0.05, 0) is 56.5 Å². The lowest BCUT2D eigenvalue weighted by Gasteiger charge is -2.27. The van der Waals surface area contributed by atoms with Gasteiger partial charge in [0.05, 0.1) is 11.1 Å². The maximum atomic E-state index is 11.7. The van der Waals surface area contributed by atoms with Crippen LogP contribution in [0, 0.1) is 6.92 Å². The predicted octanol–water partition coefficient (Wildman–Crippen LogP) is 4.20. The fraction of sp³-hybridized carbons (Fsp3) is 0.250. The molecule has 0 fully saturated rings. The van der Waals surface area contributed by atoms with E-state index in [4.69, 9.17) is 10.7 Å². The van der Waals surface area contributed by atoms with Crippen LogP contribution in [0.5, 0.6) is 0 Å². The number of rotatable bonds is 4. The molecule has 0 saturated heterocycles. The number of primary amides is 1. The number of aromatic amines is 1. The highest BCUT2D eigenvalue weighted by Crippen LogP contribution is 2.33. The van der Waals surface area contributed by atoms with Crippen LogP contribution in [-0.2, 0) is 11.2 Å². The minimum absolute atomic E-state index is 0.457. The largest absolute Gasteiger partial charge is 0.366 e. The van der Waals surface area contributed by atoms with Gasteiger partial charge in [-0.15, -0.1) is 0 Å². The Morgan fingerprint density at radius 2 is 1.93 bits per heavy atom. The van der Waals surface area contributed by atoms with E-state index in [1.165, 1.54) is 16.7 Å². The Kier molecular flexibility index (Phi) is 4.53. The average Bonchev–Trinajstić information content (AvgIpc) is 3.02. The lowest BCUT2D eigenvalue weighted by Crippen LogP contribution is -2.39. The van der Waals surface area contributed by atoms with Crippen molar-refractivity contribution in [1.82, 2.24) is 10.3 Å². The van der Waals surface area contributed by atoms with Gasteiger partial charge in [0.1, 0.15) is 5.84 Å². The monoisotopic (exact) mass is 386 g/mol. The first-order chi connectivity index (χ1) is 13.8. The number of nitrogens with one attached hydrogen (secondary N) is 2. The summed E-state index contributed by atoms with van der Waals surface area (Å²) in [5.74, 6) is 0.277. The molecule has 5 nitrogen and oxygen atoms in total. The molecular formula is C24H26N4O. The Bertz CT molecular complexity index is 1180. The third-order valence-corrected chi connectivity index (χ3v) is 5.67. The quantitative estimate of drug-likeness (QED) is 0.628. The first kappa shape index (κ1) is 19.0. The summed E-state index contributed by atoms with van der Waals surface area (Å²) in [4.78, 5) is 20.0. The second-order valence-corrected chi connectivity index (χ2v) is 7.98. The molecule has 0 unspecified atom stereocenters. The van der Waals surface area contributed by atoms with E-state index in [-0.39, 0.29) is 0 Å². The van der Waals surface area contributed by atoms with Crippen LogP contribution in [0.1, 0.15) is 37.5 Å². The fourth-order valence-electron chi connectivity index (χ4n) is 4.03. The summed E-state index contributed by atoms with van der Waals surface area (Å²) >= 11 is 0. The number of aliphatic imine (C=N–C) groups is 1. The summed E-state index contributed by atoms with van der Waals surface area (Å²) < 4.78 is 0. The molecule has 4 rings (SSSR count). The number of aromatic nitrogens is 1. The maximum Gasteiger partial charge on any atom is 0.248 e. The van der Waals surface area contributed by atoms with Crippen molar-refractivity contribution >= 4 is 22.6 Å². The zero-order chi connectivity index (χ0) is 20.8. The molecule has 1 aliphatic heterocycles. The van der Waals surface area contributed by atoms with Crippen LogP contribution < -0.4 is 11.1 Å². The van der Waals surface area contributed by atoms with E-state index in [2.05, 4.69) is 60.5 Å². The Labute approximate surface area is 170 Å². The molecule has 0 atom stereocenters. The van der Waals surface area contributed by atoms with E-state index in [0.29, 0.717) is 5.57 Å². The number of amidine groups is 1. The average molecular weight is 386 g/mol. The van der Waals surface area contributed by atoms with Crippen molar-refractivity contribution in [1.29, 1.82) is 0 Å². The van der Waals surface area contributed by atoms with E-state index in [1.807, 2.05) is 19.9 Å². The summed E-state index contributed by atoms with van der Waals surface area (Å²) in [6, 6.07) is 14.8. The number of benzene rings is 2. The summed E-state index contributed by atoms with van der Waals surface area (Å²) in [5, 5.41) is 4.30. The molecule has 0 saturated carbocycles. The second-order valence-electron chi connectivity index (χ2n) is 7.98. The van der Waals surface area contributed by atoms with Crippen LogP contribution in [-0.4, -0.2) is 22.3 Å². The number of hydrogen-bond donors (Lipinski definition) is 3. The fourth-order valence-corrected chi connectivity index (χ4v) is 4.03. The zero-order valence-electron chi connectivity index (χ0n) is 17.3. The summed E-state index contributed by atoms with van der Waals surface area (Å²) in [7, 11) is 0. The van der Waals surface area contributed by atoms with Crippen molar-refractivity contribution in [2.24, 2.45) is 10.7 Å². The van der Waals surface area contributed by atoms with Gasteiger partial charge in [-0.3, -0.25) is 9.79 Å².